The molecule has 0 bridgehead atoms. The number of ether oxygens (including phenoxy) is 2. The molecule has 0 aliphatic rings. The lowest BCUT2D eigenvalue weighted by Gasteiger charge is -2.13. The van der Waals surface area contributed by atoms with E-state index in [-0.39, 0.29) is 22.1 Å². The Morgan fingerprint density at radius 3 is 2.23 bits per heavy atom. The zero-order chi connectivity index (χ0) is 16.3. The first-order valence-corrected chi connectivity index (χ1v) is 7.86. The Bertz CT molecular complexity index is 773. The Morgan fingerprint density at radius 2 is 1.68 bits per heavy atom. The summed E-state index contributed by atoms with van der Waals surface area (Å²) in [4.78, 5) is 0.0410. The van der Waals surface area contributed by atoms with Crippen molar-refractivity contribution in [3.63, 3.8) is 0 Å². The summed E-state index contributed by atoms with van der Waals surface area (Å²) in [6.07, 6.45) is 0. The SMILES string of the molecule is COc1cc(NS(=O)(=O)c2ccc(C)cc2)c(F)c(OC)c1. The third-order valence-corrected chi connectivity index (χ3v) is 4.43. The fraction of sp³-hybridized carbons (Fsp3) is 0.200. The Morgan fingerprint density at radius 1 is 1.05 bits per heavy atom. The molecule has 5 nitrogen and oxygen atoms in total. The molecule has 0 spiro atoms. The van der Waals surface area contributed by atoms with Crippen molar-refractivity contribution in [3.05, 3.63) is 47.8 Å². The molecule has 0 aliphatic carbocycles. The number of nitrogens with one attached hydrogen (secondary N) is 1. The van der Waals surface area contributed by atoms with Crippen LogP contribution in [-0.2, 0) is 10.0 Å². The Kier molecular flexibility index (Phi) is 4.56. The van der Waals surface area contributed by atoms with Crippen LogP contribution in [0.3, 0.4) is 0 Å². The predicted octanol–water partition coefficient (Wildman–Crippen LogP) is 2.95. The molecule has 0 aromatic heterocycles. The predicted molar refractivity (Wildman–Crippen MR) is 81.5 cm³/mol. The lowest BCUT2D eigenvalue weighted by molar-refractivity contribution is 0.375. The molecule has 0 atom stereocenters. The quantitative estimate of drug-likeness (QED) is 0.918. The number of benzene rings is 2. The van der Waals surface area contributed by atoms with E-state index < -0.39 is 15.8 Å². The van der Waals surface area contributed by atoms with Crippen molar-refractivity contribution in [2.24, 2.45) is 0 Å². The standard InChI is InChI=1S/C15H16FNO4S/c1-10-4-6-12(7-5-10)22(18,19)17-13-8-11(20-2)9-14(21-3)15(13)16/h4-9,17H,1-3H3. The number of hydrogen-bond donors (Lipinski definition) is 1. The molecule has 0 unspecified atom stereocenters. The number of methoxy groups -OCH3 is 2. The van der Waals surface area contributed by atoms with Crippen LogP contribution in [0.25, 0.3) is 0 Å². The summed E-state index contributed by atoms with van der Waals surface area (Å²) in [5, 5.41) is 0. The Hall–Kier alpha value is -2.28. The van der Waals surface area contributed by atoms with Crippen LogP contribution in [0.5, 0.6) is 11.5 Å². The van der Waals surface area contributed by atoms with Gasteiger partial charge in [0.15, 0.2) is 11.6 Å². The molecule has 0 amide bonds. The van der Waals surface area contributed by atoms with Crippen LogP contribution >= 0.6 is 0 Å². The highest BCUT2D eigenvalue weighted by Crippen LogP contribution is 2.32. The molecule has 22 heavy (non-hydrogen) atoms. The summed E-state index contributed by atoms with van der Waals surface area (Å²) in [6, 6.07) is 8.82. The van der Waals surface area contributed by atoms with Crippen molar-refractivity contribution in [3.8, 4) is 11.5 Å². The second kappa shape index (κ2) is 6.23. The van der Waals surface area contributed by atoms with Crippen LogP contribution in [-0.4, -0.2) is 22.6 Å². The highest BCUT2D eigenvalue weighted by molar-refractivity contribution is 7.92. The van der Waals surface area contributed by atoms with Crippen LogP contribution in [0, 0.1) is 12.7 Å². The zero-order valence-electron chi connectivity index (χ0n) is 12.4. The fourth-order valence-corrected chi connectivity index (χ4v) is 2.88. The highest BCUT2D eigenvalue weighted by atomic mass is 32.2. The number of hydrogen-bond acceptors (Lipinski definition) is 4. The molecule has 118 valence electrons. The molecule has 0 saturated carbocycles. The van der Waals surface area contributed by atoms with E-state index in [4.69, 9.17) is 9.47 Å². The number of sulfonamides is 1. The van der Waals surface area contributed by atoms with E-state index in [1.807, 2.05) is 6.92 Å². The molecule has 0 radical (unpaired) electrons. The summed E-state index contributed by atoms with van der Waals surface area (Å²) in [5.41, 5.74) is 0.685. The first kappa shape index (κ1) is 16.1. The Labute approximate surface area is 128 Å². The molecular formula is C15H16FNO4S. The second-order valence-electron chi connectivity index (χ2n) is 4.61. The molecule has 0 fully saturated rings. The highest BCUT2D eigenvalue weighted by Gasteiger charge is 2.19. The molecule has 1 N–H and O–H groups in total. The molecule has 2 aromatic rings. The third kappa shape index (κ3) is 3.30. The first-order valence-electron chi connectivity index (χ1n) is 6.38. The molecular weight excluding hydrogens is 309 g/mol. The summed E-state index contributed by atoms with van der Waals surface area (Å²) in [5.74, 6) is -0.639. The maximum atomic E-state index is 14.2. The van der Waals surface area contributed by atoms with Crippen LogP contribution in [0.1, 0.15) is 5.56 Å². The topological polar surface area (TPSA) is 64.6 Å². The minimum absolute atomic E-state index is 0.0410. The van der Waals surface area contributed by atoms with Crippen molar-refractivity contribution in [1.29, 1.82) is 0 Å². The summed E-state index contributed by atoms with van der Waals surface area (Å²) in [7, 11) is -1.22. The zero-order valence-corrected chi connectivity index (χ0v) is 13.2. The van der Waals surface area contributed by atoms with E-state index in [1.54, 1.807) is 12.1 Å². The van der Waals surface area contributed by atoms with Gasteiger partial charge in [0.2, 0.25) is 0 Å². The smallest absolute Gasteiger partial charge is 0.261 e. The average molecular weight is 325 g/mol. The van der Waals surface area contributed by atoms with Gasteiger partial charge in [-0.3, -0.25) is 4.72 Å². The van der Waals surface area contributed by atoms with E-state index in [2.05, 4.69) is 4.72 Å². The van der Waals surface area contributed by atoms with E-state index in [9.17, 15) is 12.8 Å². The van der Waals surface area contributed by atoms with Gasteiger partial charge in [0.05, 0.1) is 24.8 Å². The van der Waals surface area contributed by atoms with Gasteiger partial charge in [0.25, 0.3) is 10.0 Å². The minimum atomic E-state index is -3.90. The Balaban J connectivity index is 2.43. The summed E-state index contributed by atoms with van der Waals surface area (Å²) < 4.78 is 50.9. The molecule has 2 rings (SSSR count). The summed E-state index contributed by atoms with van der Waals surface area (Å²) in [6.45, 7) is 1.84. The van der Waals surface area contributed by atoms with Crippen molar-refractivity contribution < 1.29 is 22.3 Å². The second-order valence-corrected chi connectivity index (χ2v) is 6.29. The van der Waals surface area contributed by atoms with E-state index in [0.717, 1.165) is 5.56 Å². The van der Waals surface area contributed by atoms with Crippen LogP contribution in [0.15, 0.2) is 41.3 Å². The van der Waals surface area contributed by atoms with Crippen molar-refractivity contribution in [1.82, 2.24) is 0 Å². The van der Waals surface area contributed by atoms with Crippen LogP contribution in [0.4, 0.5) is 10.1 Å². The van der Waals surface area contributed by atoms with Gasteiger partial charge in [-0.2, -0.15) is 0 Å². The van der Waals surface area contributed by atoms with Gasteiger partial charge in [-0.05, 0) is 19.1 Å². The van der Waals surface area contributed by atoms with Crippen LogP contribution in [0.2, 0.25) is 0 Å². The van der Waals surface area contributed by atoms with Crippen molar-refractivity contribution in [2.45, 2.75) is 11.8 Å². The largest absolute Gasteiger partial charge is 0.497 e. The van der Waals surface area contributed by atoms with Crippen LogP contribution < -0.4 is 14.2 Å². The van der Waals surface area contributed by atoms with E-state index in [1.165, 1.54) is 38.5 Å². The van der Waals surface area contributed by atoms with Crippen molar-refractivity contribution >= 4 is 15.7 Å². The maximum Gasteiger partial charge on any atom is 0.261 e. The van der Waals surface area contributed by atoms with Gasteiger partial charge in [-0.15, -0.1) is 0 Å². The molecule has 2 aromatic carbocycles. The molecule has 0 saturated heterocycles. The number of aryl methyl sites for hydroxylation is 1. The summed E-state index contributed by atoms with van der Waals surface area (Å²) >= 11 is 0. The fourth-order valence-electron chi connectivity index (χ4n) is 1.83. The lowest BCUT2D eigenvalue weighted by Crippen LogP contribution is -2.14. The minimum Gasteiger partial charge on any atom is -0.497 e. The van der Waals surface area contributed by atoms with Gasteiger partial charge in [0.1, 0.15) is 5.75 Å². The monoisotopic (exact) mass is 325 g/mol. The van der Waals surface area contributed by atoms with Gasteiger partial charge < -0.3 is 9.47 Å². The molecule has 0 aliphatic heterocycles. The first-order chi connectivity index (χ1) is 10.4. The van der Waals surface area contributed by atoms with Gasteiger partial charge in [-0.25, -0.2) is 12.8 Å². The van der Waals surface area contributed by atoms with Gasteiger partial charge in [0, 0.05) is 12.1 Å². The lowest BCUT2D eigenvalue weighted by atomic mass is 10.2. The number of halogens is 1. The average Bonchev–Trinajstić information content (AvgIpc) is 2.49. The molecule has 7 heteroatoms. The van der Waals surface area contributed by atoms with E-state index >= 15 is 0 Å². The number of rotatable bonds is 5. The third-order valence-electron chi connectivity index (χ3n) is 3.04. The van der Waals surface area contributed by atoms with Gasteiger partial charge >= 0.3 is 0 Å². The van der Waals surface area contributed by atoms with Crippen molar-refractivity contribution in [2.75, 3.05) is 18.9 Å². The molecule has 0 heterocycles. The normalized spacial score (nSPS) is 11.1. The number of anilines is 1. The maximum absolute atomic E-state index is 14.2. The van der Waals surface area contributed by atoms with Gasteiger partial charge in [-0.1, -0.05) is 17.7 Å². The van der Waals surface area contributed by atoms with E-state index in [0.29, 0.717) is 0 Å².